The molecular weight excluding hydrogens is 350 g/mol. The van der Waals surface area contributed by atoms with E-state index >= 15 is 0 Å². The molecule has 2 rings (SSSR count). The van der Waals surface area contributed by atoms with Crippen LogP contribution in [0, 0.1) is 0 Å². The molecule has 0 fully saturated rings. The fourth-order valence-electron chi connectivity index (χ4n) is 1.42. The number of hydrogen-bond acceptors (Lipinski definition) is 4. The lowest BCUT2D eigenvalue weighted by Crippen LogP contribution is -2.11. The lowest BCUT2D eigenvalue weighted by molar-refractivity contribution is 0.102. The largest absolute Gasteiger partial charge is 0.296 e. The molecule has 0 saturated carbocycles. The summed E-state index contributed by atoms with van der Waals surface area (Å²) in [7, 11) is 0. The van der Waals surface area contributed by atoms with Crippen molar-refractivity contribution < 1.29 is 4.79 Å². The van der Waals surface area contributed by atoms with Crippen molar-refractivity contribution in [3.8, 4) is 0 Å². The first-order valence-electron chi connectivity index (χ1n) is 5.64. The summed E-state index contributed by atoms with van der Waals surface area (Å²) in [6.07, 6.45) is 1.64. The topological polar surface area (TPSA) is 54.9 Å². The Balaban J connectivity index is 2.00. The molecule has 0 atom stereocenters. The Labute approximate surface area is 128 Å². The molecule has 0 aliphatic heterocycles. The van der Waals surface area contributed by atoms with Crippen LogP contribution >= 0.6 is 38.9 Å². The van der Waals surface area contributed by atoms with Crippen LogP contribution in [0.15, 0.2) is 28.7 Å². The second-order valence-corrected chi connectivity index (χ2v) is 6.11. The second-order valence-electron chi connectivity index (χ2n) is 3.76. The first-order chi connectivity index (χ1) is 9.19. The van der Waals surface area contributed by atoms with Crippen molar-refractivity contribution in [2.45, 2.75) is 12.8 Å². The number of rotatable bonds is 5. The van der Waals surface area contributed by atoms with Gasteiger partial charge in [-0.1, -0.05) is 33.3 Å². The highest BCUT2D eigenvalue weighted by Gasteiger charge is 2.10. The van der Waals surface area contributed by atoms with Crippen LogP contribution in [0.2, 0.25) is 0 Å². The van der Waals surface area contributed by atoms with Gasteiger partial charge in [0.05, 0.1) is 0 Å². The molecule has 0 aliphatic rings. The molecule has 0 aliphatic carbocycles. The smallest absolute Gasteiger partial charge is 0.257 e. The predicted molar refractivity (Wildman–Crippen MR) is 81.0 cm³/mol. The van der Waals surface area contributed by atoms with E-state index in [2.05, 4.69) is 31.4 Å². The summed E-state index contributed by atoms with van der Waals surface area (Å²) in [5.74, 6) is 0.403. The lowest BCUT2D eigenvalue weighted by Gasteiger charge is -2.01. The average molecular weight is 361 g/mol. The zero-order chi connectivity index (χ0) is 13.7. The van der Waals surface area contributed by atoms with Gasteiger partial charge in [-0.2, -0.15) is 0 Å². The summed E-state index contributed by atoms with van der Waals surface area (Å²) in [6.45, 7) is 0. The van der Waals surface area contributed by atoms with E-state index < -0.39 is 0 Å². The highest BCUT2D eigenvalue weighted by atomic mass is 79.9. The Kier molecular flexibility index (Phi) is 5.30. The molecule has 0 bridgehead atoms. The molecule has 4 nitrogen and oxygen atoms in total. The molecule has 19 heavy (non-hydrogen) atoms. The van der Waals surface area contributed by atoms with Gasteiger partial charge in [-0.3, -0.25) is 10.1 Å². The highest BCUT2D eigenvalue weighted by Crippen LogP contribution is 2.18. The summed E-state index contributed by atoms with van der Waals surface area (Å²) < 4.78 is 0.861. The highest BCUT2D eigenvalue weighted by molar-refractivity contribution is 9.10. The fraction of sp³-hybridized carbons (Fsp3) is 0.250. The number of aromatic nitrogens is 2. The number of nitrogens with one attached hydrogen (secondary N) is 1. The molecule has 0 spiro atoms. The molecule has 2 aromatic rings. The predicted octanol–water partition coefficient (Wildman–Crippen LogP) is 3.72. The average Bonchev–Trinajstić information content (AvgIpc) is 2.84. The summed E-state index contributed by atoms with van der Waals surface area (Å²) >= 11 is 10.3. The first-order valence-corrected chi connectivity index (χ1v) is 7.78. The van der Waals surface area contributed by atoms with E-state index in [0.29, 0.717) is 16.6 Å². The van der Waals surface area contributed by atoms with Crippen LogP contribution in [0.1, 0.15) is 21.8 Å². The van der Waals surface area contributed by atoms with Gasteiger partial charge in [0.25, 0.3) is 5.91 Å². The van der Waals surface area contributed by atoms with Gasteiger partial charge in [0, 0.05) is 22.3 Å². The van der Waals surface area contributed by atoms with Crippen molar-refractivity contribution in [1.29, 1.82) is 0 Å². The summed E-state index contributed by atoms with van der Waals surface area (Å²) in [5.41, 5.74) is 0.576. The SMILES string of the molecule is O=C(Nc1nnc(CCCCl)s1)c1cccc(Br)c1. The summed E-state index contributed by atoms with van der Waals surface area (Å²) in [5, 5.41) is 12.1. The van der Waals surface area contributed by atoms with Crippen molar-refractivity contribution >= 4 is 49.9 Å². The van der Waals surface area contributed by atoms with Gasteiger partial charge >= 0.3 is 0 Å². The van der Waals surface area contributed by atoms with Crippen molar-refractivity contribution in [2.24, 2.45) is 0 Å². The van der Waals surface area contributed by atoms with Crippen LogP contribution in [0.5, 0.6) is 0 Å². The molecule has 1 aromatic heterocycles. The van der Waals surface area contributed by atoms with Crippen LogP contribution in [-0.2, 0) is 6.42 Å². The maximum Gasteiger partial charge on any atom is 0.257 e. The van der Waals surface area contributed by atoms with Gasteiger partial charge < -0.3 is 0 Å². The molecule has 7 heteroatoms. The molecule has 0 unspecified atom stereocenters. The van der Waals surface area contributed by atoms with Gasteiger partial charge in [0.1, 0.15) is 5.01 Å². The number of anilines is 1. The Bertz CT molecular complexity index is 576. The van der Waals surface area contributed by atoms with E-state index in [0.717, 1.165) is 22.3 Å². The normalized spacial score (nSPS) is 10.4. The van der Waals surface area contributed by atoms with Crippen LogP contribution in [0.25, 0.3) is 0 Å². The Morgan fingerprint density at radius 3 is 3.00 bits per heavy atom. The van der Waals surface area contributed by atoms with E-state index in [1.165, 1.54) is 11.3 Å². The monoisotopic (exact) mass is 359 g/mol. The Hall–Kier alpha value is -0.980. The number of carbonyl (C=O) groups is 1. The minimum atomic E-state index is -0.193. The van der Waals surface area contributed by atoms with Crippen molar-refractivity contribution in [3.05, 3.63) is 39.3 Å². The lowest BCUT2D eigenvalue weighted by atomic mass is 10.2. The Morgan fingerprint density at radius 1 is 1.42 bits per heavy atom. The van der Waals surface area contributed by atoms with Crippen molar-refractivity contribution in [3.63, 3.8) is 0 Å². The minimum absolute atomic E-state index is 0.193. The standard InChI is InChI=1S/C12H11BrClN3OS/c13-9-4-1-3-8(7-9)11(18)15-12-17-16-10(19-12)5-2-6-14/h1,3-4,7H,2,5-6H2,(H,15,17,18). The van der Waals surface area contributed by atoms with Crippen LogP contribution < -0.4 is 5.32 Å². The molecule has 0 saturated heterocycles. The van der Waals surface area contributed by atoms with Crippen molar-refractivity contribution in [1.82, 2.24) is 10.2 Å². The molecule has 1 aromatic carbocycles. The van der Waals surface area contributed by atoms with E-state index in [4.69, 9.17) is 11.6 Å². The summed E-state index contributed by atoms with van der Waals surface area (Å²) in [6, 6.07) is 7.18. The van der Waals surface area contributed by atoms with Gasteiger partial charge in [-0.25, -0.2) is 0 Å². The maximum atomic E-state index is 12.0. The molecule has 0 radical (unpaired) electrons. The van der Waals surface area contributed by atoms with E-state index in [1.54, 1.807) is 12.1 Å². The quantitative estimate of drug-likeness (QED) is 0.827. The van der Waals surface area contributed by atoms with Gasteiger partial charge in [-0.05, 0) is 24.6 Å². The maximum absolute atomic E-state index is 12.0. The van der Waals surface area contributed by atoms with Gasteiger partial charge in [0.2, 0.25) is 5.13 Å². The first kappa shape index (κ1) is 14.4. The minimum Gasteiger partial charge on any atom is -0.296 e. The van der Waals surface area contributed by atoms with Crippen molar-refractivity contribution in [2.75, 3.05) is 11.2 Å². The summed E-state index contributed by atoms with van der Waals surface area (Å²) in [4.78, 5) is 12.0. The van der Waals surface area contributed by atoms with Crippen LogP contribution in [0.3, 0.4) is 0 Å². The third-order valence-corrected chi connectivity index (χ3v) is 3.96. The number of hydrogen-bond donors (Lipinski definition) is 1. The van der Waals surface area contributed by atoms with E-state index in [-0.39, 0.29) is 5.91 Å². The molecule has 1 N–H and O–H groups in total. The number of aryl methyl sites for hydroxylation is 1. The molecule has 1 heterocycles. The van der Waals surface area contributed by atoms with E-state index in [9.17, 15) is 4.79 Å². The third kappa shape index (κ3) is 4.26. The second kappa shape index (κ2) is 6.98. The number of nitrogens with zero attached hydrogens (tertiary/aromatic N) is 2. The number of carbonyl (C=O) groups excluding carboxylic acids is 1. The van der Waals surface area contributed by atoms with E-state index in [1.807, 2.05) is 12.1 Å². The molecule has 1 amide bonds. The number of benzene rings is 1. The van der Waals surface area contributed by atoms with Crippen LogP contribution in [0.4, 0.5) is 5.13 Å². The van der Waals surface area contributed by atoms with Gasteiger partial charge in [-0.15, -0.1) is 21.8 Å². The Morgan fingerprint density at radius 2 is 2.26 bits per heavy atom. The fourth-order valence-corrected chi connectivity index (χ4v) is 2.73. The molecular formula is C12H11BrClN3OS. The number of amides is 1. The third-order valence-electron chi connectivity index (χ3n) is 2.30. The molecule has 100 valence electrons. The number of halogens is 2. The zero-order valence-corrected chi connectivity index (χ0v) is 13.1. The van der Waals surface area contributed by atoms with Gasteiger partial charge in [0.15, 0.2) is 0 Å². The zero-order valence-electron chi connectivity index (χ0n) is 9.90. The number of alkyl halides is 1. The van der Waals surface area contributed by atoms with Crippen LogP contribution in [-0.4, -0.2) is 22.0 Å².